The third-order valence-electron chi connectivity index (χ3n) is 4.90. The van der Waals surface area contributed by atoms with Crippen molar-refractivity contribution in [3.05, 3.63) is 40.5 Å². The van der Waals surface area contributed by atoms with E-state index >= 15 is 0 Å². The smallest absolute Gasteiger partial charge is 0.234 e. The molecule has 0 fully saturated rings. The molecule has 3 aromatic heterocycles. The van der Waals surface area contributed by atoms with E-state index in [1.54, 1.807) is 18.4 Å². The number of para-hydroxylation sites is 2. The molecule has 4 rings (SSSR count). The summed E-state index contributed by atoms with van der Waals surface area (Å²) in [4.78, 5) is 19.7. The molecule has 0 spiro atoms. The Bertz CT molecular complexity index is 1250. The number of thioether (sulfide) groups is 1. The van der Waals surface area contributed by atoms with Gasteiger partial charge in [0, 0.05) is 10.8 Å². The molecule has 0 aliphatic carbocycles. The Morgan fingerprint density at radius 3 is 2.77 bits per heavy atom. The van der Waals surface area contributed by atoms with E-state index < -0.39 is 0 Å². The molecule has 0 aliphatic rings. The van der Waals surface area contributed by atoms with Gasteiger partial charge in [-0.05, 0) is 31.5 Å². The van der Waals surface area contributed by atoms with Crippen LogP contribution in [-0.4, -0.2) is 38.4 Å². The summed E-state index contributed by atoms with van der Waals surface area (Å²) >= 11 is 3.03. The average Bonchev–Trinajstić information content (AvgIpc) is 3.26. The summed E-state index contributed by atoms with van der Waals surface area (Å²) in [5.74, 6) is 1.79. The molecule has 1 aromatic carbocycles. The number of fused-ring (bicyclic) bond motifs is 3. The van der Waals surface area contributed by atoms with Crippen LogP contribution >= 0.6 is 23.1 Å². The number of ether oxygens (including phenoxy) is 1. The third kappa shape index (κ3) is 3.63. The van der Waals surface area contributed by atoms with Crippen LogP contribution in [0.3, 0.4) is 0 Å². The molecule has 156 valence electrons. The molecule has 0 aliphatic heterocycles. The number of carbonyl (C=O) groups excluding carboxylic acids is 1. The zero-order chi connectivity index (χ0) is 21.4. The SMILES string of the molecule is COc1ccccc1NC(=O)CSc1nnc2c3c(C)c(C)sc3nc(C(C)C)n12. The van der Waals surface area contributed by atoms with E-state index in [2.05, 4.69) is 43.2 Å². The highest BCUT2D eigenvalue weighted by atomic mass is 32.2. The summed E-state index contributed by atoms with van der Waals surface area (Å²) in [6, 6.07) is 7.34. The van der Waals surface area contributed by atoms with Gasteiger partial charge in [0.1, 0.15) is 16.4 Å². The first-order valence-electron chi connectivity index (χ1n) is 9.61. The van der Waals surface area contributed by atoms with Crippen LogP contribution in [-0.2, 0) is 4.79 Å². The lowest BCUT2D eigenvalue weighted by molar-refractivity contribution is -0.113. The van der Waals surface area contributed by atoms with Crippen LogP contribution in [0, 0.1) is 13.8 Å². The van der Waals surface area contributed by atoms with Crippen LogP contribution in [0.15, 0.2) is 29.4 Å². The number of nitrogens with zero attached hydrogens (tertiary/aromatic N) is 4. The highest BCUT2D eigenvalue weighted by Gasteiger charge is 2.21. The van der Waals surface area contributed by atoms with Crippen molar-refractivity contribution in [2.45, 2.75) is 38.8 Å². The van der Waals surface area contributed by atoms with E-state index in [-0.39, 0.29) is 17.6 Å². The van der Waals surface area contributed by atoms with Crippen molar-refractivity contribution in [3.8, 4) is 5.75 Å². The van der Waals surface area contributed by atoms with Crippen LogP contribution in [0.4, 0.5) is 5.69 Å². The van der Waals surface area contributed by atoms with Crippen LogP contribution in [0.2, 0.25) is 0 Å². The average molecular weight is 442 g/mol. The minimum Gasteiger partial charge on any atom is -0.495 e. The van der Waals surface area contributed by atoms with Crippen molar-refractivity contribution < 1.29 is 9.53 Å². The second-order valence-corrected chi connectivity index (χ2v) is 9.41. The maximum atomic E-state index is 12.5. The second kappa shape index (κ2) is 8.23. The summed E-state index contributed by atoms with van der Waals surface area (Å²) in [7, 11) is 1.58. The third-order valence-corrected chi connectivity index (χ3v) is 6.93. The number of amides is 1. The molecular weight excluding hydrogens is 418 g/mol. The van der Waals surface area contributed by atoms with Crippen LogP contribution in [0.25, 0.3) is 15.9 Å². The molecule has 1 N–H and O–H groups in total. The number of thiophene rings is 1. The normalized spacial score (nSPS) is 11.5. The molecule has 0 atom stereocenters. The Balaban J connectivity index is 1.65. The minimum atomic E-state index is -0.135. The fourth-order valence-corrected chi connectivity index (χ4v) is 5.06. The van der Waals surface area contributed by atoms with E-state index in [0.29, 0.717) is 16.6 Å². The largest absolute Gasteiger partial charge is 0.495 e. The number of methoxy groups -OCH3 is 1. The Kier molecular flexibility index (Phi) is 5.66. The van der Waals surface area contributed by atoms with Gasteiger partial charge in [-0.1, -0.05) is 37.7 Å². The first-order valence-corrected chi connectivity index (χ1v) is 11.4. The van der Waals surface area contributed by atoms with Crippen molar-refractivity contribution in [2.24, 2.45) is 0 Å². The zero-order valence-corrected chi connectivity index (χ0v) is 19.1. The first-order chi connectivity index (χ1) is 14.4. The minimum absolute atomic E-state index is 0.135. The summed E-state index contributed by atoms with van der Waals surface area (Å²) in [5, 5.41) is 13.5. The Morgan fingerprint density at radius 2 is 2.03 bits per heavy atom. The first kappa shape index (κ1) is 20.6. The lowest BCUT2D eigenvalue weighted by Crippen LogP contribution is -2.15. The highest BCUT2D eigenvalue weighted by molar-refractivity contribution is 7.99. The van der Waals surface area contributed by atoms with E-state index in [1.165, 1.54) is 22.2 Å². The van der Waals surface area contributed by atoms with Gasteiger partial charge in [0.25, 0.3) is 0 Å². The van der Waals surface area contributed by atoms with Gasteiger partial charge in [-0.3, -0.25) is 9.20 Å². The lowest BCUT2D eigenvalue weighted by Gasteiger charge is -2.11. The van der Waals surface area contributed by atoms with Gasteiger partial charge in [-0.25, -0.2) is 4.98 Å². The number of nitrogens with one attached hydrogen (secondary N) is 1. The number of benzene rings is 1. The lowest BCUT2D eigenvalue weighted by atomic mass is 10.2. The molecule has 9 heteroatoms. The van der Waals surface area contributed by atoms with E-state index in [0.717, 1.165) is 21.7 Å². The number of aromatic nitrogens is 4. The molecular formula is C21H23N5O2S2. The zero-order valence-electron chi connectivity index (χ0n) is 17.5. The number of hydrogen-bond acceptors (Lipinski definition) is 7. The molecule has 1 amide bonds. The fourth-order valence-electron chi connectivity index (χ4n) is 3.29. The Morgan fingerprint density at radius 1 is 1.27 bits per heavy atom. The number of aryl methyl sites for hydroxylation is 2. The predicted octanol–water partition coefficient (Wildman–Crippen LogP) is 4.82. The predicted molar refractivity (Wildman–Crippen MR) is 122 cm³/mol. The maximum Gasteiger partial charge on any atom is 0.234 e. The van der Waals surface area contributed by atoms with Gasteiger partial charge < -0.3 is 10.1 Å². The van der Waals surface area contributed by atoms with Crippen molar-refractivity contribution >= 4 is 50.6 Å². The summed E-state index contributed by atoms with van der Waals surface area (Å²) in [5.41, 5.74) is 2.63. The molecule has 0 unspecified atom stereocenters. The van der Waals surface area contributed by atoms with Gasteiger partial charge in [0.2, 0.25) is 5.91 Å². The Labute approximate surface area is 182 Å². The van der Waals surface area contributed by atoms with Gasteiger partial charge in [-0.2, -0.15) is 0 Å². The highest BCUT2D eigenvalue weighted by Crippen LogP contribution is 2.34. The van der Waals surface area contributed by atoms with Gasteiger partial charge in [0.05, 0.1) is 23.9 Å². The number of hydrogen-bond donors (Lipinski definition) is 1. The molecule has 0 saturated heterocycles. The summed E-state index contributed by atoms with van der Waals surface area (Å²) in [6.07, 6.45) is 0. The van der Waals surface area contributed by atoms with Gasteiger partial charge >= 0.3 is 0 Å². The molecule has 3 heterocycles. The summed E-state index contributed by atoms with van der Waals surface area (Å²) < 4.78 is 7.29. The van der Waals surface area contributed by atoms with E-state index in [9.17, 15) is 4.79 Å². The van der Waals surface area contributed by atoms with Crippen molar-refractivity contribution in [2.75, 3.05) is 18.2 Å². The topological polar surface area (TPSA) is 81.4 Å². The molecule has 4 aromatic rings. The van der Waals surface area contributed by atoms with Gasteiger partial charge in [-0.15, -0.1) is 21.5 Å². The fraction of sp³-hybridized carbons (Fsp3) is 0.333. The van der Waals surface area contributed by atoms with E-state index in [4.69, 9.17) is 9.72 Å². The van der Waals surface area contributed by atoms with Crippen molar-refractivity contribution in [1.82, 2.24) is 19.6 Å². The quantitative estimate of drug-likeness (QED) is 0.432. The number of anilines is 1. The molecule has 0 bridgehead atoms. The Hall–Kier alpha value is -2.65. The van der Waals surface area contributed by atoms with Crippen LogP contribution < -0.4 is 10.1 Å². The van der Waals surface area contributed by atoms with Crippen LogP contribution in [0.1, 0.15) is 36.0 Å². The van der Waals surface area contributed by atoms with Gasteiger partial charge in [0.15, 0.2) is 10.8 Å². The standard InChI is InChI=1S/C21H23N5O2S2/c1-11(2)18-23-20-17(12(3)13(4)30-20)19-24-25-21(26(18)19)29-10-16(27)22-14-8-6-7-9-15(14)28-5/h6-9,11H,10H2,1-5H3,(H,22,27). The van der Waals surface area contributed by atoms with Crippen LogP contribution in [0.5, 0.6) is 5.75 Å². The van der Waals surface area contributed by atoms with E-state index in [1.807, 2.05) is 28.7 Å². The summed E-state index contributed by atoms with van der Waals surface area (Å²) in [6.45, 7) is 8.39. The monoisotopic (exact) mass is 441 g/mol. The molecule has 7 nitrogen and oxygen atoms in total. The van der Waals surface area contributed by atoms with Crippen molar-refractivity contribution in [3.63, 3.8) is 0 Å². The number of rotatable bonds is 6. The second-order valence-electron chi connectivity index (χ2n) is 7.27. The molecule has 0 radical (unpaired) electrons. The maximum absolute atomic E-state index is 12.5. The molecule has 0 saturated carbocycles. The number of carbonyl (C=O) groups is 1. The van der Waals surface area contributed by atoms with Crippen molar-refractivity contribution in [1.29, 1.82) is 0 Å². The molecule has 30 heavy (non-hydrogen) atoms.